The van der Waals surface area contributed by atoms with Gasteiger partial charge < -0.3 is 25.0 Å². The molecule has 1 saturated heterocycles. The van der Waals surface area contributed by atoms with Crippen LogP contribution in [0.1, 0.15) is 23.4 Å². The van der Waals surface area contributed by atoms with Gasteiger partial charge in [-0.15, -0.1) is 0 Å². The maximum atomic E-state index is 10.4. The van der Waals surface area contributed by atoms with E-state index in [0.29, 0.717) is 17.0 Å². The molecule has 0 spiro atoms. The number of nitrogens with one attached hydrogen (secondary N) is 1. The number of hydrogen-bond donors (Lipinski definition) is 3. The van der Waals surface area contributed by atoms with E-state index in [4.69, 9.17) is 9.47 Å². The molecule has 2 aromatic carbocycles. The summed E-state index contributed by atoms with van der Waals surface area (Å²) in [6.45, 7) is -0.313. The summed E-state index contributed by atoms with van der Waals surface area (Å²) in [4.78, 5) is 13.5. The van der Waals surface area contributed by atoms with E-state index in [1.54, 1.807) is 10.9 Å². The summed E-state index contributed by atoms with van der Waals surface area (Å²) in [6, 6.07) is 16.6. The number of rotatable bonds is 5. The van der Waals surface area contributed by atoms with E-state index >= 15 is 0 Å². The second-order valence-corrected chi connectivity index (χ2v) is 8.24. The fourth-order valence-electron chi connectivity index (χ4n) is 4.94. The highest BCUT2D eigenvalue weighted by Gasteiger charge is 2.45. The van der Waals surface area contributed by atoms with Gasteiger partial charge in [0.1, 0.15) is 24.6 Å². The smallest absolute Gasteiger partial charge is 0.167 e. The SMILES string of the molecule is CO[C@@H]1[C@H](O)[C@@H](CO)O[C@H]1n1cnc2c(NC3c4ccccc4-c4ccccc43)ncnc21. The molecule has 3 N–H and O–H groups in total. The van der Waals surface area contributed by atoms with Crippen LogP contribution in [0.4, 0.5) is 5.82 Å². The third kappa shape index (κ3) is 3.05. The lowest BCUT2D eigenvalue weighted by Crippen LogP contribution is -2.34. The quantitative estimate of drug-likeness (QED) is 0.429. The van der Waals surface area contributed by atoms with E-state index in [1.165, 1.54) is 35.7 Å². The zero-order valence-corrected chi connectivity index (χ0v) is 17.9. The number of fused-ring (bicyclic) bond motifs is 4. The number of aliphatic hydroxyl groups excluding tert-OH is 2. The summed E-state index contributed by atoms with van der Waals surface area (Å²) in [5.41, 5.74) is 5.89. The number of anilines is 1. The summed E-state index contributed by atoms with van der Waals surface area (Å²) in [5, 5.41) is 23.5. The maximum Gasteiger partial charge on any atom is 0.167 e. The molecular weight excluding hydrogens is 422 g/mol. The topological polar surface area (TPSA) is 115 Å². The Morgan fingerprint density at radius 2 is 1.73 bits per heavy atom. The van der Waals surface area contributed by atoms with Crippen molar-refractivity contribution in [2.45, 2.75) is 30.6 Å². The van der Waals surface area contributed by atoms with Gasteiger partial charge in [-0.2, -0.15) is 0 Å². The molecule has 0 bridgehead atoms. The molecule has 2 aliphatic rings. The Hall–Kier alpha value is -3.37. The molecule has 0 amide bonds. The number of aliphatic hydroxyl groups is 2. The fourth-order valence-corrected chi connectivity index (χ4v) is 4.94. The molecule has 0 saturated carbocycles. The summed E-state index contributed by atoms with van der Waals surface area (Å²) < 4.78 is 13.0. The Balaban J connectivity index is 1.39. The second-order valence-electron chi connectivity index (χ2n) is 8.24. The van der Waals surface area contributed by atoms with Crippen LogP contribution in [0.25, 0.3) is 22.3 Å². The molecule has 1 fully saturated rings. The highest BCUT2D eigenvalue weighted by atomic mass is 16.6. The van der Waals surface area contributed by atoms with Gasteiger partial charge in [0.25, 0.3) is 0 Å². The minimum Gasteiger partial charge on any atom is -0.394 e. The van der Waals surface area contributed by atoms with Gasteiger partial charge in [-0.25, -0.2) is 15.0 Å². The molecule has 4 aromatic rings. The lowest BCUT2D eigenvalue weighted by atomic mass is 10.1. The average molecular weight is 445 g/mol. The Morgan fingerprint density at radius 3 is 2.39 bits per heavy atom. The highest BCUT2D eigenvalue weighted by Crippen LogP contribution is 2.45. The van der Waals surface area contributed by atoms with Crippen LogP contribution >= 0.6 is 0 Å². The number of ether oxygens (including phenoxy) is 2. The first-order valence-electron chi connectivity index (χ1n) is 10.8. The molecule has 3 heterocycles. The van der Waals surface area contributed by atoms with Crippen LogP contribution in [0.5, 0.6) is 0 Å². The van der Waals surface area contributed by atoms with Crippen molar-refractivity contribution >= 4 is 17.0 Å². The van der Waals surface area contributed by atoms with Crippen molar-refractivity contribution < 1.29 is 19.7 Å². The molecule has 4 atom stereocenters. The predicted octanol–water partition coefficient (Wildman–Crippen LogP) is 2.27. The average Bonchev–Trinajstić information content (AvgIpc) is 3.52. The lowest BCUT2D eigenvalue weighted by molar-refractivity contribution is -0.0583. The Labute approximate surface area is 189 Å². The van der Waals surface area contributed by atoms with Crippen molar-refractivity contribution in [2.75, 3.05) is 19.0 Å². The first-order valence-corrected chi connectivity index (χ1v) is 10.8. The summed E-state index contributed by atoms with van der Waals surface area (Å²) in [7, 11) is 1.50. The molecule has 0 radical (unpaired) electrons. The van der Waals surface area contributed by atoms with E-state index in [-0.39, 0.29) is 12.6 Å². The van der Waals surface area contributed by atoms with E-state index < -0.39 is 24.5 Å². The molecule has 1 aliphatic carbocycles. The van der Waals surface area contributed by atoms with Crippen LogP contribution in [-0.4, -0.2) is 61.8 Å². The van der Waals surface area contributed by atoms with Crippen molar-refractivity contribution in [1.29, 1.82) is 0 Å². The van der Waals surface area contributed by atoms with Crippen molar-refractivity contribution in [1.82, 2.24) is 19.5 Å². The normalized spacial score (nSPS) is 24.2. The number of nitrogens with zero attached hydrogens (tertiary/aromatic N) is 4. The molecule has 33 heavy (non-hydrogen) atoms. The number of hydrogen-bond acceptors (Lipinski definition) is 8. The third-order valence-corrected chi connectivity index (χ3v) is 6.51. The molecule has 6 rings (SSSR count). The summed E-state index contributed by atoms with van der Waals surface area (Å²) >= 11 is 0. The van der Waals surface area contributed by atoms with Gasteiger partial charge in [-0.05, 0) is 22.3 Å². The molecular formula is C24H23N5O4. The van der Waals surface area contributed by atoms with E-state index in [1.807, 2.05) is 24.3 Å². The summed E-state index contributed by atoms with van der Waals surface area (Å²) in [5.74, 6) is 0.599. The Bertz CT molecular complexity index is 1280. The van der Waals surface area contributed by atoms with E-state index in [9.17, 15) is 10.2 Å². The van der Waals surface area contributed by atoms with Gasteiger partial charge in [0.05, 0.1) is 19.0 Å². The van der Waals surface area contributed by atoms with Gasteiger partial charge in [0.2, 0.25) is 0 Å². The number of methoxy groups -OCH3 is 1. The highest BCUT2D eigenvalue weighted by molar-refractivity contribution is 5.85. The van der Waals surface area contributed by atoms with Gasteiger partial charge in [-0.3, -0.25) is 4.57 Å². The van der Waals surface area contributed by atoms with E-state index in [2.05, 4.69) is 44.5 Å². The van der Waals surface area contributed by atoms with Crippen molar-refractivity contribution in [3.63, 3.8) is 0 Å². The van der Waals surface area contributed by atoms with Crippen molar-refractivity contribution in [3.8, 4) is 11.1 Å². The van der Waals surface area contributed by atoms with Crippen LogP contribution in [0, 0.1) is 0 Å². The van der Waals surface area contributed by atoms with Crippen LogP contribution in [-0.2, 0) is 9.47 Å². The predicted molar refractivity (Wildman–Crippen MR) is 120 cm³/mol. The number of aromatic nitrogens is 4. The zero-order chi connectivity index (χ0) is 22.5. The summed E-state index contributed by atoms with van der Waals surface area (Å²) in [6.07, 6.45) is 0.0235. The monoisotopic (exact) mass is 445 g/mol. The molecule has 9 nitrogen and oxygen atoms in total. The molecule has 168 valence electrons. The van der Waals surface area contributed by atoms with Gasteiger partial charge in [0.15, 0.2) is 23.2 Å². The van der Waals surface area contributed by atoms with Crippen LogP contribution in [0.2, 0.25) is 0 Å². The zero-order valence-electron chi connectivity index (χ0n) is 17.9. The Kier molecular flexibility index (Phi) is 4.84. The van der Waals surface area contributed by atoms with Crippen molar-refractivity contribution in [3.05, 3.63) is 72.3 Å². The Morgan fingerprint density at radius 1 is 1.03 bits per heavy atom. The first kappa shape index (κ1) is 20.3. The number of imidazole rings is 1. The second kappa shape index (κ2) is 7.89. The maximum absolute atomic E-state index is 10.4. The van der Waals surface area contributed by atoms with Crippen LogP contribution in [0.15, 0.2) is 61.2 Å². The van der Waals surface area contributed by atoms with Gasteiger partial charge in [-0.1, -0.05) is 48.5 Å². The van der Waals surface area contributed by atoms with Gasteiger partial charge in [0, 0.05) is 7.11 Å². The van der Waals surface area contributed by atoms with Crippen molar-refractivity contribution in [2.24, 2.45) is 0 Å². The van der Waals surface area contributed by atoms with Crippen LogP contribution in [0.3, 0.4) is 0 Å². The fraction of sp³-hybridized carbons (Fsp3) is 0.292. The third-order valence-electron chi connectivity index (χ3n) is 6.51. The van der Waals surface area contributed by atoms with Gasteiger partial charge >= 0.3 is 0 Å². The molecule has 2 aromatic heterocycles. The van der Waals surface area contributed by atoms with E-state index in [0.717, 1.165) is 0 Å². The molecule has 9 heteroatoms. The lowest BCUT2D eigenvalue weighted by Gasteiger charge is -2.20. The first-order chi connectivity index (χ1) is 16.2. The minimum absolute atomic E-state index is 0.0734. The minimum atomic E-state index is -0.964. The largest absolute Gasteiger partial charge is 0.394 e. The van der Waals surface area contributed by atoms with Crippen LogP contribution < -0.4 is 5.32 Å². The standard InChI is InChI=1S/C24H23N5O4/c1-32-21-20(31)17(10-30)33-24(21)29-12-27-19-22(25-11-26-23(19)29)28-18-15-8-4-2-6-13(15)14-7-3-5-9-16(14)18/h2-9,11-12,17-18,20-21,24,30-31H,10H2,1H3,(H,25,26,28)/t17-,20-,21-,24-/m1/s1. The number of benzene rings is 2. The molecule has 0 unspecified atom stereocenters. The molecule has 1 aliphatic heterocycles.